The zero-order chi connectivity index (χ0) is 32.9. The minimum Gasteiger partial charge on any atom is -0.494 e. The van der Waals surface area contributed by atoms with Crippen LogP contribution in [0, 0.1) is 11.2 Å². The fraction of sp³-hybridized carbons (Fsp3) is 0.528. The van der Waals surface area contributed by atoms with Crippen molar-refractivity contribution in [3.05, 3.63) is 47.3 Å². The minimum absolute atomic E-state index is 0.0541. The number of carbonyl (C=O) groups is 2. The van der Waals surface area contributed by atoms with E-state index in [0.29, 0.717) is 46.8 Å². The zero-order valence-electron chi connectivity index (χ0n) is 28.0. The molecule has 10 heteroatoms. The highest BCUT2D eigenvalue weighted by molar-refractivity contribution is 6.00. The molecular formula is C36H47FN6O3. The topological polar surface area (TPSA) is 107 Å². The number of hydrogen-bond acceptors (Lipinski definition) is 5. The molecule has 0 radical (unpaired) electrons. The molecule has 46 heavy (non-hydrogen) atoms. The van der Waals surface area contributed by atoms with Crippen LogP contribution in [0.4, 0.5) is 4.39 Å². The Kier molecular flexibility index (Phi) is 8.61. The van der Waals surface area contributed by atoms with Crippen LogP contribution in [0.2, 0.25) is 0 Å². The Morgan fingerprint density at radius 1 is 1.07 bits per heavy atom. The number of likely N-dealkylation sites (tertiary alicyclic amines) is 1. The van der Waals surface area contributed by atoms with E-state index in [0.717, 1.165) is 61.5 Å². The van der Waals surface area contributed by atoms with Crippen LogP contribution in [0.25, 0.3) is 33.5 Å². The van der Waals surface area contributed by atoms with Crippen LogP contribution >= 0.6 is 0 Å². The third-order valence-electron chi connectivity index (χ3n) is 10.3. The second-order valence-corrected chi connectivity index (χ2v) is 13.9. The molecule has 0 unspecified atom stereocenters. The summed E-state index contributed by atoms with van der Waals surface area (Å²) in [6.45, 7) is 9.06. The van der Waals surface area contributed by atoms with Gasteiger partial charge in [0.05, 0.1) is 29.9 Å². The largest absolute Gasteiger partial charge is 0.494 e. The SMILES string of the molecule is COc1cc(C(=O)N2CCC[C@@H](N)[C@H]2C)cc2nc(-c3cc4ccc5c(F)c4n3CCCCCCC(C)(C)C(=O)N[C@@H]5C)n(C)c12. The molecule has 0 aliphatic carbocycles. The van der Waals surface area contributed by atoms with Crippen LogP contribution in [0.3, 0.4) is 0 Å². The van der Waals surface area contributed by atoms with Gasteiger partial charge in [0, 0.05) is 54.1 Å². The molecule has 1 saturated heterocycles. The first kappa shape index (κ1) is 32.0. The fourth-order valence-electron chi connectivity index (χ4n) is 7.30. The monoisotopic (exact) mass is 630 g/mol. The first-order valence-corrected chi connectivity index (χ1v) is 16.7. The van der Waals surface area contributed by atoms with Gasteiger partial charge >= 0.3 is 0 Å². The standard InChI is InChI=1S/C36H47FN6O3/c1-21-25-14-13-23-19-28(43(31(23)30(25)37)16-10-8-7-9-15-36(3,4)35(45)39-21)33-40-27-18-24(20-29(46-6)32(27)41(33)5)34(44)42-17-11-12-26(38)22(42)2/h13-14,18-22,26H,7-12,15-17,38H2,1-6H3,(H,39,45)/t21-,22-,26-/m1/s1. The van der Waals surface area contributed by atoms with Crippen LogP contribution in [-0.4, -0.2) is 56.6 Å². The van der Waals surface area contributed by atoms with E-state index < -0.39 is 11.5 Å². The second kappa shape index (κ2) is 12.4. The van der Waals surface area contributed by atoms with Crippen molar-refractivity contribution in [3.63, 3.8) is 0 Å². The fourth-order valence-corrected chi connectivity index (χ4v) is 7.30. The number of aryl methyl sites for hydroxylation is 2. The van der Waals surface area contributed by atoms with Crippen molar-refractivity contribution in [2.45, 2.75) is 97.3 Å². The van der Waals surface area contributed by atoms with Gasteiger partial charge < -0.3 is 29.8 Å². The van der Waals surface area contributed by atoms with Gasteiger partial charge in [-0.3, -0.25) is 9.59 Å². The van der Waals surface area contributed by atoms with Gasteiger partial charge in [-0.15, -0.1) is 0 Å². The van der Waals surface area contributed by atoms with E-state index in [9.17, 15) is 9.59 Å². The molecule has 2 bridgehead atoms. The summed E-state index contributed by atoms with van der Waals surface area (Å²) in [4.78, 5) is 33.8. The Morgan fingerprint density at radius 3 is 2.59 bits per heavy atom. The number of nitrogens with two attached hydrogens (primary N) is 1. The molecule has 0 spiro atoms. The van der Waals surface area contributed by atoms with E-state index in [-0.39, 0.29) is 29.7 Å². The maximum absolute atomic E-state index is 16.5. The summed E-state index contributed by atoms with van der Waals surface area (Å²) in [5.74, 6) is 0.736. The molecule has 9 nitrogen and oxygen atoms in total. The third-order valence-corrected chi connectivity index (χ3v) is 10.3. The molecule has 2 aromatic heterocycles. The number of halogens is 1. The number of ether oxygens (including phenoxy) is 1. The summed E-state index contributed by atoms with van der Waals surface area (Å²) < 4.78 is 26.3. The summed E-state index contributed by atoms with van der Waals surface area (Å²) >= 11 is 0. The first-order valence-electron chi connectivity index (χ1n) is 16.7. The first-order chi connectivity index (χ1) is 21.9. The number of rotatable bonds is 3. The van der Waals surface area contributed by atoms with Crippen molar-refractivity contribution < 1.29 is 18.7 Å². The van der Waals surface area contributed by atoms with Gasteiger partial charge in [-0.05, 0) is 57.7 Å². The van der Waals surface area contributed by atoms with E-state index in [4.69, 9.17) is 15.5 Å². The number of amides is 2. The summed E-state index contributed by atoms with van der Waals surface area (Å²) in [6, 6.07) is 8.70. The van der Waals surface area contributed by atoms with Gasteiger partial charge in [-0.1, -0.05) is 45.2 Å². The van der Waals surface area contributed by atoms with Gasteiger partial charge in [-0.25, -0.2) is 9.37 Å². The number of piperidine rings is 1. The lowest BCUT2D eigenvalue weighted by Gasteiger charge is -2.37. The van der Waals surface area contributed by atoms with Gasteiger partial charge in [0.15, 0.2) is 11.6 Å². The van der Waals surface area contributed by atoms with Gasteiger partial charge in [0.1, 0.15) is 11.3 Å². The minimum atomic E-state index is -0.517. The number of imidazole rings is 1. The Labute approximate surface area is 270 Å². The molecule has 246 valence electrons. The average Bonchev–Trinajstić information content (AvgIpc) is 3.56. The number of hydrogen-bond donors (Lipinski definition) is 2. The smallest absolute Gasteiger partial charge is 0.254 e. The van der Waals surface area contributed by atoms with Crippen LogP contribution in [0.5, 0.6) is 5.75 Å². The molecular weight excluding hydrogens is 583 g/mol. The van der Waals surface area contributed by atoms with Gasteiger partial charge in [0.2, 0.25) is 5.91 Å². The Morgan fingerprint density at radius 2 is 1.83 bits per heavy atom. The number of nitrogens with one attached hydrogen (secondary N) is 1. The van der Waals surface area contributed by atoms with Crippen LogP contribution < -0.4 is 15.8 Å². The average molecular weight is 631 g/mol. The van der Waals surface area contributed by atoms with Crippen molar-refractivity contribution >= 4 is 33.8 Å². The Balaban J connectivity index is 1.47. The number of methoxy groups -OCH3 is 1. The van der Waals surface area contributed by atoms with E-state index in [1.807, 2.05) is 67.0 Å². The highest BCUT2D eigenvalue weighted by atomic mass is 19.1. The summed E-state index contributed by atoms with van der Waals surface area (Å²) in [5, 5.41) is 3.84. The molecule has 2 aliphatic rings. The molecule has 2 aliphatic heterocycles. The molecule has 6 rings (SSSR count). The highest BCUT2D eigenvalue weighted by Crippen LogP contribution is 2.37. The van der Waals surface area contributed by atoms with Crippen molar-refractivity contribution in [2.75, 3.05) is 13.7 Å². The maximum atomic E-state index is 16.5. The quantitative estimate of drug-likeness (QED) is 0.270. The molecule has 3 atom stereocenters. The van der Waals surface area contributed by atoms with Crippen LogP contribution in [0.15, 0.2) is 30.3 Å². The number of aromatic nitrogens is 3. The summed E-state index contributed by atoms with van der Waals surface area (Å²) in [6.07, 6.45) is 6.34. The third kappa shape index (κ3) is 5.54. The van der Waals surface area contributed by atoms with E-state index >= 15 is 4.39 Å². The zero-order valence-corrected chi connectivity index (χ0v) is 28.0. The number of nitrogens with zero attached hydrogens (tertiary/aromatic N) is 4. The summed E-state index contributed by atoms with van der Waals surface area (Å²) in [5.41, 5.74) is 9.45. The second-order valence-electron chi connectivity index (χ2n) is 13.9. The lowest BCUT2D eigenvalue weighted by atomic mass is 9.85. The molecule has 0 saturated carbocycles. The highest BCUT2D eigenvalue weighted by Gasteiger charge is 2.32. The van der Waals surface area contributed by atoms with E-state index in [2.05, 4.69) is 5.32 Å². The number of carbonyl (C=O) groups excluding carboxylic acids is 2. The lowest BCUT2D eigenvalue weighted by Crippen LogP contribution is -2.52. The molecule has 2 amide bonds. The van der Waals surface area contributed by atoms with Crippen LogP contribution in [0.1, 0.15) is 94.6 Å². The van der Waals surface area contributed by atoms with Gasteiger partial charge in [-0.2, -0.15) is 0 Å². The molecule has 4 aromatic rings. The predicted octanol–water partition coefficient (Wildman–Crippen LogP) is 6.46. The molecule has 2 aromatic carbocycles. The molecule has 4 heterocycles. The maximum Gasteiger partial charge on any atom is 0.254 e. The Bertz CT molecular complexity index is 1810. The van der Waals surface area contributed by atoms with Crippen molar-refractivity contribution in [3.8, 4) is 17.3 Å². The normalized spacial score (nSPS) is 22.7. The van der Waals surface area contributed by atoms with Crippen molar-refractivity contribution in [1.82, 2.24) is 24.3 Å². The molecule has 1 fully saturated rings. The van der Waals surface area contributed by atoms with Crippen LogP contribution in [-0.2, 0) is 18.4 Å². The van der Waals surface area contributed by atoms with E-state index in [1.165, 1.54) is 0 Å². The summed E-state index contributed by atoms with van der Waals surface area (Å²) in [7, 11) is 3.52. The van der Waals surface area contributed by atoms with Gasteiger partial charge in [0.25, 0.3) is 5.91 Å². The van der Waals surface area contributed by atoms with E-state index in [1.54, 1.807) is 19.2 Å². The number of benzene rings is 2. The van der Waals surface area contributed by atoms with Crippen molar-refractivity contribution in [1.29, 1.82) is 0 Å². The van der Waals surface area contributed by atoms with Crippen molar-refractivity contribution in [2.24, 2.45) is 18.2 Å². The number of fused-ring (bicyclic) bond motifs is 2. The Hall–Kier alpha value is -3.92. The molecule has 3 N–H and O–H groups in total. The predicted molar refractivity (Wildman–Crippen MR) is 179 cm³/mol. The lowest BCUT2D eigenvalue weighted by molar-refractivity contribution is -0.130.